The Morgan fingerprint density at radius 2 is 2.53 bits per heavy atom. The summed E-state index contributed by atoms with van der Waals surface area (Å²) in [5.41, 5.74) is 0.144. The Kier molecular flexibility index (Phi) is 3.33. The van der Waals surface area contributed by atoms with Crippen LogP contribution in [0, 0.1) is 0 Å². The predicted molar refractivity (Wildman–Crippen MR) is 59.1 cm³/mol. The zero-order valence-corrected chi connectivity index (χ0v) is 9.94. The van der Waals surface area contributed by atoms with E-state index in [-0.39, 0.29) is 35.8 Å². The van der Waals surface area contributed by atoms with E-state index < -0.39 is 5.97 Å². The highest BCUT2D eigenvalue weighted by atomic mass is 35.5. The van der Waals surface area contributed by atoms with E-state index >= 15 is 0 Å². The summed E-state index contributed by atoms with van der Waals surface area (Å²) in [6, 6.07) is 0. The van der Waals surface area contributed by atoms with Gasteiger partial charge in [0.15, 0.2) is 0 Å². The number of aromatic nitrogens is 1. The van der Waals surface area contributed by atoms with Gasteiger partial charge < -0.3 is 9.26 Å². The van der Waals surface area contributed by atoms with E-state index in [1.165, 1.54) is 11.1 Å². The first-order chi connectivity index (χ1) is 8.13. The molecule has 0 saturated carbocycles. The van der Waals surface area contributed by atoms with Gasteiger partial charge in [0.25, 0.3) is 0 Å². The number of anilines is 1. The van der Waals surface area contributed by atoms with Crippen molar-refractivity contribution >= 4 is 29.4 Å². The quantitative estimate of drug-likeness (QED) is 0.602. The molecule has 0 aromatic carbocycles. The van der Waals surface area contributed by atoms with E-state index in [0.29, 0.717) is 6.54 Å². The zero-order valence-electron chi connectivity index (χ0n) is 9.18. The lowest BCUT2D eigenvalue weighted by Gasteiger charge is -2.12. The molecule has 2 rings (SSSR count). The third kappa shape index (κ3) is 2.26. The molecular weight excluding hydrogens is 248 g/mol. The normalized spacial score (nSPS) is 19.8. The molecule has 17 heavy (non-hydrogen) atoms. The summed E-state index contributed by atoms with van der Waals surface area (Å²) in [4.78, 5) is 24.5. The number of alkyl halides is 1. The molecule has 1 aromatic heterocycles. The maximum atomic E-state index is 11.6. The fourth-order valence-corrected chi connectivity index (χ4v) is 1.91. The number of carbonyl (C=O) groups excluding carboxylic acids is 2. The lowest BCUT2D eigenvalue weighted by molar-refractivity contribution is -0.117. The van der Waals surface area contributed by atoms with Crippen molar-refractivity contribution in [3.8, 4) is 0 Å². The van der Waals surface area contributed by atoms with Gasteiger partial charge >= 0.3 is 5.97 Å². The van der Waals surface area contributed by atoms with Crippen LogP contribution in [0.15, 0.2) is 10.7 Å². The van der Waals surface area contributed by atoms with Gasteiger partial charge in [-0.2, -0.15) is 0 Å². The highest BCUT2D eigenvalue weighted by molar-refractivity contribution is 6.24. The summed E-state index contributed by atoms with van der Waals surface area (Å²) in [6.45, 7) is 2.25. The molecule has 0 N–H and O–H groups in total. The van der Waals surface area contributed by atoms with Gasteiger partial charge in [-0.05, 0) is 6.92 Å². The van der Waals surface area contributed by atoms with Crippen molar-refractivity contribution in [2.45, 2.75) is 18.7 Å². The molecule has 92 valence electrons. The van der Waals surface area contributed by atoms with Gasteiger partial charge in [-0.25, -0.2) is 4.79 Å². The second-order valence-electron chi connectivity index (χ2n) is 3.57. The first kappa shape index (κ1) is 11.9. The number of esters is 1. The molecule has 1 aliphatic rings. The van der Waals surface area contributed by atoms with Gasteiger partial charge in [-0.3, -0.25) is 9.69 Å². The van der Waals surface area contributed by atoms with Crippen LogP contribution in [0.1, 0.15) is 23.7 Å². The monoisotopic (exact) mass is 258 g/mol. The van der Waals surface area contributed by atoms with Gasteiger partial charge in [0.2, 0.25) is 11.8 Å². The average Bonchev–Trinajstić information content (AvgIpc) is 2.84. The molecule has 1 aliphatic heterocycles. The van der Waals surface area contributed by atoms with Crippen LogP contribution in [0.4, 0.5) is 5.88 Å². The second-order valence-corrected chi connectivity index (χ2v) is 4.19. The first-order valence-corrected chi connectivity index (χ1v) is 5.63. The van der Waals surface area contributed by atoms with Crippen LogP contribution in [0.25, 0.3) is 0 Å². The molecule has 1 saturated heterocycles. The van der Waals surface area contributed by atoms with Gasteiger partial charge in [-0.15, -0.1) is 11.6 Å². The Labute approximate surface area is 102 Å². The molecule has 2 heterocycles. The number of carbonyl (C=O) groups is 2. The summed E-state index contributed by atoms with van der Waals surface area (Å²) < 4.78 is 9.77. The smallest absolute Gasteiger partial charge is 0.345 e. The summed E-state index contributed by atoms with van der Waals surface area (Å²) in [5.74, 6) is -0.640. The fourth-order valence-electron chi connectivity index (χ4n) is 1.64. The molecule has 7 heteroatoms. The number of hydrogen-bond acceptors (Lipinski definition) is 5. The molecule has 1 atom stereocenters. The summed E-state index contributed by atoms with van der Waals surface area (Å²) in [5, 5.41) is 3.24. The molecule has 0 aliphatic carbocycles. The van der Waals surface area contributed by atoms with Crippen LogP contribution in [0.5, 0.6) is 0 Å². The molecule has 1 unspecified atom stereocenters. The third-order valence-corrected chi connectivity index (χ3v) is 2.66. The molecular formula is C10H11ClN2O4. The van der Waals surface area contributed by atoms with Crippen molar-refractivity contribution in [1.82, 2.24) is 5.16 Å². The molecule has 0 spiro atoms. The topological polar surface area (TPSA) is 72.6 Å². The van der Waals surface area contributed by atoms with E-state index in [4.69, 9.17) is 20.9 Å². The number of halogens is 1. The van der Waals surface area contributed by atoms with Crippen molar-refractivity contribution in [2.75, 3.05) is 18.1 Å². The van der Waals surface area contributed by atoms with Crippen molar-refractivity contribution in [3.63, 3.8) is 0 Å². The molecule has 1 aromatic rings. The minimum atomic E-state index is -0.561. The van der Waals surface area contributed by atoms with E-state index in [2.05, 4.69) is 5.16 Å². The Morgan fingerprint density at radius 1 is 1.76 bits per heavy atom. The molecule has 1 amide bonds. The van der Waals surface area contributed by atoms with Crippen LogP contribution in [-0.4, -0.2) is 35.6 Å². The minimum absolute atomic E-state index is 0.108. The van der Waals surface area contributed by atoms with Crippen molar-refractivity contribution in [2.24, 2.45) is 0 Å². The Hall–Kier alpha value is -1.56. The van der Waals surface area contributed by atoms with Crippen molar-refractivity contribution in [1.29, 1.82) is 0 Å². The minimum Gasteiger partial charge on any atom is -0.462 e. The van der Waals surface area contributed by atoms with Crippen LogP contribution in [0.2, 0.25) is 0 Å². The summed E-state index contributed by atoms with van der Waals surface area (Å²) in [6.07, 6.45) is 1.46. The maximum Gasteiger partial charge on any atom is 0.345 e. The van der Waals surface area contributed by atoms with Gasteiger partial charge in [0.05, 0.1) is 18.2 Å². The van der Waals surface area contributed by atoms with E-state index in [9.17, 15) is 9.59 Å². The van der Waals surface area contributed by atoms with Gasteiger partial charge in [-0.1, -0.05) is 5.16 Å². The Morgan fingerprint density at radius 3 is 3.12 bits per heavy atom. The van der Waals surface area contributed by atoms with E-state index in [1.54, 1.807) is 6.92 Å². The van der Waals surface area contributed by atoms with Crippen LogP contribution in [0.3, 0.4) is 0 Å². The Balaban J connectivity index is 2.25. The van der Waals surface area contributed by atoms with Crippen molar-refractivity contribution in [3.05, 3.63) is 11.8 Å². The van der Waals surface area contributed by atoms with Crippen LogP contribution >= 0.6 is 11.6 Å². The number of hydrogen-bond donors (Lipinski definition) is 0. The van der Waals surface area contributed by atoms with E-state index in [0.717, 1.165) is 0 Å². The molecule has 0 bridgehead atoms. The summed E-state index contributed by atoms with van der Waals surface area (Å²) in [7, 11) is 0. The van der Waals surface area contributed by atoms with Crippen LogP contribution < -0.4 is 4.90 Å². The highest BCUT2D eigenvalue weighted by Gasteiger charge is 2.34. The number of ether oxygens (including phenoxy) is 1. The second kappa shape index (κ2) is 4.75. The van der Waals surface area contributed by atoms with Gasteiger partial charge in [0.1, 0.15) is 5.56 Å². The standard InChI is InChI=1S/C10H11ClN2O4/c1-2-16-10(15)7-4-12-17-9(7)13-5-6(11)3-8(13)14/h4,6H,2-3,5H2,1H3. The molecule has 6 nitrogen and oxygen atoms in total. The number of nitrogens with zero attached hydrogens (tertiary/aromatic N) is 2. The van der Waals surface area contributed by atoms with Crippen molar-refractivity contribution < 1.29 is 18.8 Å². The largest absolute Gasteiger partial charge is 0.462 e. The summed E-state index contributed by atoms with van der Waals surface area (Å²) >= 11 is 5.87. The lowest BCUT2D eigenvalue weighted by atomic mass is 10.3. The van der Waals surface area contributed by atoms with E-state index in [1.807, 2.05) is 0 Å². The third-order valence-electron chi connectivity index (χ3n) is 2.37. The lowest BCUT2D eigenvalue weighted by Crippen LogP contribution is -2.26. The predicted octanol–water partition coefficient (Wildman–Crippen LogP) is 1.20. The fraction of sp³-hybridized carbons (Fsp3) is 0.500. The maximum absolute atomic E-state index is 11.6. The Bertz CT molecular complexity index is 445. The number of amides is 1. The highest BCUT2D eigenvalue weighted by Crippen LogP contribution is 2.27. The average molecular weight is 259 g/mol. The molecule has 1 fully saturated rings. The first-order valence-electron chi connectivity index (χ1n) is 5.19. The van der Waals surface area contributed by atoms with Crippen LogP contribution in [-0.2, 0) is 9.53 Å². The van der Waals surface area contributed by atoms with Gasteiger partial charge in [0, 0.05) is 13.0 Å². The molecule has 0 radical (unpaired) electrons. The number of rotatable bonds is 3. The SMILES string of the molecule is CCOC(=O)c1cnoc1N1CC(Cl)CC1=O. The zero-order chi connectivity index (χ0) is 12.4.